The highest BCUT2D eigenvalue weighted by atomic mass is 16.7. The molecule has 1 unspecified atom stereocenters. The Bertz CT molecular complexity index is 352. The lowest BCUT2D eigenvalue weighted by molar-refractivity contribution is -0.141. The van der Waals surface area contributed by atoms with Gasteiger partial charge in [-0.05, 0) is 12.1 Å². The summed E-state index contributed by atoms with van der Waals surface area (Å²) in [7, 11) is 1.10. The average Bonchev–Trinajstić information content (AvgIpc) is 2.29. The van der Waals surface area contributed by atoms with Crippen LogP contribution in [-0.2, 0) is 14.3 Å². The minimum absolute atomic E-state index is 0.325. The number of hydrogen-bond donors (Lipinski definition) is 1. The van der Waals surface area contributed by atoms with Gasteiger partial charge in [0, 0.05) is 6.20 Å². The Morgan fingerprint density at radius 3 is 2.73 bits per heavy atom. The van der Waals surface area contributed by atoms with Crippen LogP contribution in [0.1, 0.15) is 11.7 Å². The lowest BCUT2D eigenvalue weighted by atomic mass is 10.2. The minimum Gasteiger partial charge on any atom is -0.437 e. The van der Waals surface area contributed by atoms with E-state index in [1.807, 2.05) is 0 Å². The highest BCUT2D eigenvalue weighted by Gasteiger charge is 2.21. The van der Waals surface area contributed by atoms with Gasteiger partial charge in [-0.25, -0.2) is 9.59 Å². The second-order valence-electron chi connectivity index (χ2n) is 2.61. The molecule has 0 fully saturated rings. The molecule has 1 aromatic heterocycles. The molecule has 0 aliphatic carbocycles. The van der Waals surface area contributed by atoms with Crippen LogP contribution in [0.2, 0.25) is 0 Å². The van der Waals surface area contributed by atoms with Crippen molar-refractivity contribution < 1.29 is 19.1 Å². The number of aromatic nitrogens is 1. The first-order valence-corrected chi connectivity index (χ1v) is 4.11. The predicted molar refractivity (Wildman–Crippen MR) is 49.7 cm³/mol. The van der Waals surface area contributed by atoms with Crippen LogP contribution in [0.15, 0.2) is 24.4 Å². The van der Waals surface area contributed by atoms with Crippen LogP contribution in [-0.4, -0.2) is 24.2 Å². The van der Waals surface area contributed by atoms with Gasteiger partial charge in [0.1, 0.15) is 6.04 Å². The highest BCUT2D eigenvalue weighted by Crippen LogP contribution is 2.08. The molecule has 0 saturated heterocycles. The van der Waals surface area contributed by atoms with E-state index in [0.29, 0.717) is 5.69 Å². The van der Waals surface area contributed by atoms with E-state index in [9.17, 15) is 9.59 Å². The molecule has 6 nitrogen and oxygen atoms in total. The molecule has 1 rings (SSSR count). The van der Waals surface area contributed by atoms with Gasteiger partial charge in [0.15, 0.2) is 0 Å². The Balaban J connectivity index is 2.65. The molecular weight excluding hydrogens is 200 g/mol. The van der Waals surface area contributed by atoms with Crippen molar-refractivity contribution >= 4 is 12.1 Å². The maximum atomic E-state index is 11.2. The Morgan fingerprint density at radius 2 is 2.20 bits per heavy atom. The summed E-state index contributed by atoms with van der Waals surface area (Å²) in [4.78, 5) is 25.7. The predicted octanol–water partition coefficient (Wildman–Crippen LogP) is 0.391. The number of carbonyl (C=O) groups excluding carboxylic acids is 2. The zero-order valence-corrected chi connectivity index (χ0v) is 8.04. The Morgan fingerprint density at radius 1 is 1.47 bits per heavy atom. The number of esters is 1. The normalized spacial score (nSPS) is 11.6. The van der Waals surface area contributed by atoms with Crippen LogP contribution in [0.4, 0.5) is 4.79 Å². The van der Waals surface area contributed by atoms with Crippen molar-refractivity contribution in [1.29, 1.82) is 0 Å². The van der Waals surface area contributed by atoms with Gasteiger partial charge in [-0.2, -0.15) is 0 Å². The third kappa shape index (κ3) is 3.03. The van der Waals surface area contributed by atoms with Gasteiger partial charge >= 0.3 is 12.1 Å². The molecule has 6 heteroatoms. The number of carbonyl (C=O) groups is 2. The molecule has 2 N–H and O–H groups in total. The van der Waals surface area contributed by atoms with Crippen molar-refractivity contribution in [2.45, 2.75) is 6.04 Å². The summed E-state index contributed by atoms with van der Waals surface area (Å²) in [6.45, 7) is 0. The molecule has 0 aliphatic heterocycles. The van der Waals surface area contributed by atoms with Gasteiger partial charge in [-0.1, -0.05) is 6.07 Å². The van der Waals surface area contributed by atoms with Gasteiger partial charge in [0.25, 0.3) is 0 Å². The summed E-state index contributed by atoms with van der Waals surface area (Å²) in [6, 6.07) is 3.82. The summed E-state index contributed by atoms with van der Waals surface area (Å²) < 4.78 is 8.40. The molecule has 0 bridgehead atoms. The zero-order chi connectivity index (χ0) is 11.3. The van der Waals surface area contributed by atoms with E-state index in [0.717, 1.165) is 7.11 Å². The first-order chi connectivity index (χ1) is 7.15. The van der Waals surface area contributed by atoms with Crippen LogP contribution >= 0.6 is 0 Å². The molecule has 0 aliphatic rings. The number of nitrogens with zero attached hydrogens (tertiary/aromatic N) is 1. The van der Waals surface area contributed by atoms with Crippen molar-refractivity contribution in [3.8, 4) is 0 Å². The SMILES string of the molecule is COC(=O)OC(=O)C(N)c1ccccn1. The van der Waals surface area contributed by atoms with Gasteiger partial charge < -0.3 is 15.2 Å². The van der Waals surface area contributed by atoms with Gasteiger partial charge in [0.05, 0.1) is 12.8 Å². The molecule has 0 aromatic carbocycles. The number of ether oxygens (including phenoxy) is 2. The summed E-state index contributed by atoms with van der Waals surface area (Å²) in [5, 5.41) is 0. The van der Waals surface area contributed by atoms with E-state index >= 15 is 0 Å². The molecule has 80 valence electrons. The van der Waals surface area contributed by atoms with Crippen molar-refractivity contribution in [3.63, 3.8) is 0 Å². The fourth-order valence-corrected chi connectivity index (χ4v) is 0.868. The molecular formula is C9H10N2O4. The first-order valence-electron chi connectivity index (χ1n) is 4.11. The van der Waals surface area contributed by atoms with Crippen molar-refractivity contribution in [3.05, 3.63) is 30.1 Å². The summed E-state index contributed by atoms with van der Waals surface area (Å²) >= 11 is 0. The fourth-order valence-electron chi connectivity index (χ4n) is 0.868. The third-order valence-corrected chi connectivity index (χ3v) is 1.61. The number of nitrogens with two attached hydrogens (primary N) is 1. The van der Waals surface area contributed by atoms with Crippen LogP contribution < -0.4 is 5.73 Å². The summed E-state index contributed by atoms with van der Waals surface area (Å²) in [5.74, 6) is -0.902. The summed E-state index contributed by atoms with van der Waals surface area (Å²) in [6.07, 6.45) is 0.395. The lowest BCUT2D eigenvalue weighted by Crippen LogP contribution is -2.26. The van der Waals surface area contributed by atoms with Crippen LogP contribution in [0.5, 0.6) is 0 Å². The monoisotopic (exact) mass is 210 g/mol. The van der Waals surface area contributed by atoms with Crippen LogP contribution in [0, 0.1) is 0 Å². The van der Waals surface area contributed by atoms with E-state index in [-0.39, 0.29) is 0 Å². The number of hydrogen-bond acceptors (Lipinski definition) is 6. The standard InChI is InChI=1S/C9H10N2O4/c1-14-9(13)15-8(12)7(10)6-4-2-3-5-11-6/h2-5,7H,10H2,1H3. The van der Waals surface area contributed by atoms with Crippen molar-refractivity contribution in [1.82, 2.24) is 4.98 Å². The van der Waals surface area contributed by atoms with Crippen LogP contribution in [0.25, 0.3) is 0 Å². The Hall–Kier alpha value is -1.95. The lowest BCUT2D eigenvalue weighted by Gasteiger charge is -2.08. The molecule has 1 aromatic rings. The second-order valence-corrected chi connectivity index (χ2v) is 2.61. The number of rotatable bonds is 2. The van der Waals surface area contributed by atoms with E-state index in [4.69, 9.17) is 5.73 Å². The average molecular weight is 210 g/mol. The fraction of sp³-hybridized carbons (Fsp3) is 0.222. The molecule has 0 spiro atoms. The van der Waals surface area contributed by atoms with E-state index in [1.54, 1.807) is 18.2 Å². The highest BCUT2D eigenvalue weighted by molar-refractivity contribution is 5.85. The maximum absolute atomic E-state index is 11.2. The Kier molecular flexibility index (Phi) is 3.75. The molecule has 15 heavy (non-hydrogen) atoms. The molecule has 1 atom stereocenters. The third-order valence-electron chi connectivity index (χ3n) is 1.61. The second kappa shape index (κ2) is 5.06. The Labute approximate surface area is 86.0 Å². The first kappa shape index (κ1) is 11.1. The molecule has 0 amide bonds. The van der Waals surface area contributed by atoms with Gasteiger partial charge in [-0.3, -0.25) is 4.98 Å². The van der Waals surface area contributed by atoms with Crippen molar-refractivity contribution in [2.24, 2.45) is 5.73 Å². The van der Waals surface area contributed by atoms with E-state index < -0.39 is 18.2 Å². The van der Waals surface area contributed by atoms with Gasteiger partial charge in [-0.15, -0.1) is 0 Å². The van der Waals surface area contributed by atoms with Crippen LogP contribution in [0.3, 0.4) is 0 Å². The van der Waals surface area contributed by atoms with E-state index in [1.165, 1.54) is 6.20 Å². The quantitative estimate of drug-likeness (QED) is 0.560. The smallest absolute Gasteiger partial charge is 0.437 e. The molecule has 0 radical (unpaired) electrons. The summed E-state index contributed by atoms with van der Waals surface area (Å²) in [5.41, 5.74) is 5.82. The molecule has 0 saturated carbocycles. The van der Waals surface area contributed by atoms with E-state index in [2.05, 4.69) is 14.5 Å². The zero-order valence-electron chi connectivity index (χ0n) is 8.04. The topological polar surface area (TPSA) is 91.5 Å². The molecule has 1 heterocycles. The number of pyridine rings is 1. The minimum atomic E-state index is -1.09. The number of methoxy groups -OCH3 is 1. The maximum Gasteiger partial charge on any atom is 0.515 e. The van der Waals surface area contributed by atoms with Gasteiger partial charge in [0.2, 0.25) is 0 Å². The van der Waals surface area contributed by atoms with Crippen molar-refractivity contribution in [2.75, 3.05) is 7.11 Å². The largest absolute Gasteiger partial charge is 0.515 e.